The number of benzene rings is 2. The van der Waals surface area contributed by atoms with Gasteiger partial charge in [0.15, 0.2) is 0 Å². The minimum atomic E-state index is 0.768. The zero-order chi connectivity index (χ0) is 14.1. The summed E-state index contributed by atoms with van der Waals surface area (Å²) in [4.78, 5) is 9.50. The molecule has 0 amide bonds. The van der Waals surface area contributed by atoms with Gasteiger partial charge in [0.25, 0.3) is 0 Å². The molecule has 0 radical (unpaired) electrons. The Morgan fingerprint density at radius 3 is 2.90 bits per heavy atom. The van der Waals surface area contributed by atoms with E-state index < -0.39 is 0 Å². The van der Waals surface area contributed by atoms with Crippen LogP contribution in [-0.4, -0.2) is 17.0 Å². The molecule has 1 heterocycles. The van der Waals surface area contributed by atoms with Crippen LogP contribution >= 0.6 is 15.9 Å². The van der Waals surface area contributed by atoms with Crippen LogP contribution in [0.15, 0.2) is 47.2 Å². The van der Waals surface area contributed by atoms with Crippen LogP contribution in [0, 0.1) is 0 Å². The summed E-state index contributed by atoms with van der Waals surface area (Å²) < 4.78 is 0.992. The molecule has 0 aliphatic carbocycles. The summed E-state index contributed by atoms with van der Waals surface area (Å²) in [6.07, 6.45) is 1.71. The van der Waals surface area contributed by atoms with Gasteiger partial charge in [0, 0.05) is 18.1 Å². The van der Waals surface area contributed by atoms with Gasteiger partial charge >= 0.3 is 0 Å². The number of nitrogens with one attached hydrogen (secondary N) is 1. The van der Waals surface area contributed by atoms with Gasteiger partial charge < -0.3 is 15.6 Å². The van der Waals surface area contributed by atoms with Gasteiger partial charge in [-0.2, -0.15) is 0 Å². The first-order chi connectivity index (χ1) is 9.63. The number of aromatic amines is 1. The number of hydrogen-bond acceptors (Lipinski definition) is 3. The molecule has 0 fully saturated rings. The molecule has 0 bridgehead atoms. The Labute approximate surface area is 125 Å². The van der Waals surface area contributed by atoms with E-state index in [0.29, 0.717) is 0 Å². The third-order valence-corrected chi connectivity index (χ3v) is 3.80. The van der Waals surface area contributed by atoms with E-state index in [1.165, 1.54) is 5.56 Å². The van der Waals surface area contributed by atoms with Crippen molar-refractivity contribution in [1.29, 1.82) is 0 Å². The Hall–Kier alpha value is -2.01. The molecular weight excluding hydrogens is 316 g/mol. The van der Waals surface area contributed by atoms with Crippen molar-refractivity contribution in [3.63, 3.8) is 0 Å². The lowest BCUT2D eigenvalue weighted by Gasteiger charge is -2.21. The third kappa shape index (κ3) is 2.49. The van der Waals surface area contributed by atoms with E-state index >= 15 is 0 Å². The maximum atomic E-state index is 6.06. The van der Waals surface area contributed by atoms with Crippen LogP contribution in [0.4, 0.5) is 11.4 Å². The van der Waals surface area contributed by atoms with Gasteiger partial charge in [-0.15, -0.1) is 0 Å². The Kier molecular flexibility index (Phi) is 3.36. The molecule has 0 spiro atoms. The zero-order valence-electron chi connectivity index (χ0n) is 11.1. The van der Waals surface area contributed by atoms with Crippen LogP contribution in [0.1, 0.15) is 5.56 Å². The van der Waals surface area contributed by atoms with Crippen molar-refractivity contribution in [1.82, 2.24) is 9.97 Å². The number of rotatable bonds is 3. The monoisotopic (exact) mass is 330 g/mol. The summed E-state index contributed by atoms with van der Waals surface area (Å²) in [5.74, 6) is 0. The van der Waals surface area contributed by atoms with Gasteiger partial charge in [-0.3, -0.25) is 0 Å². The fourth-order valence-electron chi connectivity index (χ4n) is 2.31. The highest BCUT2D eigenvalue weighted by atomic mass is 79.9. The molecule has 20 heavy (non-hydrogen) atoms. The number of halogens is 1. The summed E-state index contributed by atoms with van der Waals surface area (Å²) in [6.45, 7) is 0.792. The highest BCUT2D eigenvalue weighted by Crippen LogP contribution is 2.27. The largest absolute Gasteiger partial charge is 0.397 e. The van der Waals surface area contributed by atoms with Crippen molar-refractivity contribution in [3.05, 3.63) is 52.8 Å². The van der Waals surface area contributed by atoms with Gasteiger partial charge in [0.1, 0.15) is 0 Å². The average Bonchev–Trinajstić information content (AvgIpc) is 2.85. The standard InChI is InChI=1S/C15H15BrN4/c1-20(15-5-3-11(16)7-12(15)17)8-10-2-4-13-14(6-10)19-9-18-13/h2-7,9H,8,17H2,1H3,(H,18,19). The van der Waals surface area contributed by atoms with Crippen molar-refractivity contribution in [2.45, 2.75) is 6.54 Å². The van der Waals surface area contributed by atoms with Crippen molar-refractivity contribution in [3.8, 4) is 0 Å². The quantitative estimate of drug-likeness (QED) is 0.722. The summed E-state index contributed by atoms with van der Waals surface area (Å²) in [5, 5.41) is 0. The van der Waals surface area contributed by atoms with E-state index in [1.54, 1.807) is 6.33 Å². The van der Waals surface area contributed by atoms with Gasteiger partial charge in [0.05, 0.1) is 28.7 Å². The molecular formula is C15H15BrN4. The summed E-state index contributed by atoms with van der Waals surface area (Å²) >= 11 is 3.43. The molecule has 0 atom stereocenters. The third-order valence-electron chi connectivity index (χ3n) is 3.31. The van der Waals surface area contributed by atoms with Crippen LogP contribution in [-0.2, 0) is 6.54 Å². The second-order valence-electron chi connectivity index (χ2n) is 4.81. The lowest BCUT2D eigenvalue weighted by Crippen LogP contribution is -2.17. The zero-order valence-corrected chi connectivity index (χ0v) is 12.7. The minimum Gasteiger partial charge on any atom is -0.397 e. The van der Waals surface area contributed by atoms with Crippen molar-refractivity contribution < 1.29 is 0 Å². The Morgan fingerprint density at radius 2 is 2.10 bits per heavy atom. The van der Waals surface area contributed by atoms with Crippen molar-refractivity contribution >= 4 is 38.3 Å². The van der Waals surface area contributed by atoms with Crippen LogP contribution in [0.2, 0.25) is 0 Å². The number of nitrogens with zero attached hydrogens (tertiary/aromatic N) is 2. The highest BCUT2D eigenvalue weighted by Gasteiger charge is 2.07. The number of nitrogens with two attached hydrogens (primary N) is 1. The maximum absolute atomic E-state index is 6.06. The second-order valence-corrected chi connectivity index (χ2v) is 5.73. The minimum absolute atomic E-state index is 0.768. The molecule has 3 rings (SSSR count). The molecule has 0 aliphatic rings. The van der Waals surface area contributed by atoms with Crippen molar-refractivity contribution in [2.24, 2.45) is 0 Å². The van der Waals surface area contributed by atoms with E-state index in [1.807, 2.05) is 31.3 Å². The maximum Gasteiger partial charge on any atom is 0.0931 e. The molecule has 2 aromatic carbocycles. The smallest absolute Gasteiger partial charge is 0.0931 e. The molecule has 0 saturated heterocycles. The van der Waals surface area contributed by atoms with Gasteiger partial charge in [-0.05, 0) is 35.9 Å². The van der Waals surface area contributed by atoms with Gasteiger partial charge in [0.2, 0.25) is 0 Å². The molecule has 5 heteroatoms. The van der Waals surface area contributed by atoms with Gasteiger partial charge in [-0.1, -0.05) is 22.0 Å². The van der Waals surface area contributed by atoms with Crippen LogP contribution in [0.25, 0.3) is 11.0 Å². The number of nitrogen functional groups attached to an aromatic ring is 1. The lowest BCUT2D eigenvalue weighted by molar-refractivity contribution is 0.926. The van der Waals surface area contributed by atoms with E-state index in [9.17, 15) is 0 Å². The van der Waals surface area contributed by atoms with Crippen LogP contribution in [0.3, 0.4) is 0 Å². The number of H-pyrrole nitrogens is 1. The molecule has 4 nitrogen and oxygen atoms in total. The number of fused-ring (bicyclic) bond motifs is 1. The molecule has 3 aromatic rings. The predicted molar refractivity (Wildman–Crippen MR) is 86.8 cm³/mol. The summed E-state index contributed by atoms with van der Waals surface area (Å²) in [6, 6.07) is 12.2. The Balaban J connectivity index is 1.85. The van der Waals surface area contributed by atoms with Gasteiger partial charge in [-0.25, -0.2) is 4.98 Å². The molecule has 102 valence electrons. The average molecular weight is 331 g/mol. The fraction of sp³-hybridized carbons (Fsp3) is 0.133. The summed E-state index contributed by atoms with van der Waals surface area (Å²) in [5.41, 5.74) is 11.1. The highest BCUT2D eigenvalue weighted by molar-refractivity contribution is 9.10. The molecule has 3 N–H and O–H groups in total. The summed E-state index contributed by atoms with van der Waals surface area (Å²) in [7, 11) is 2.04. The van der Waals surface area contributed by atoms with Crippen LogP contribution < -0.4 is 10.6 Å². The SMILES string of the molecule is CN(Cc1ccc2nc[nH]c2c1)c1ccc(Br)cc1N. The molecule has 0 aliphatic heterocycles. The topological polar surface area (TPSA) is 57.9 Å². The predicted octanol–water partition coefficient (Wildman–Crippen LogP) is 3.54. The van der Waals surface area contributed by atoms with E-state index in [0.717, 1.165) is 33.4 Å². The lowest BCUT2D eigenvalue weighted by atomic mass is 10.1. The first kappa shape index (κ1) is 13.0. The second kappa shape index (κ2) is 5.17. The molecule has 0 unspecified atom stereocenters. The number of hydrogen-bond donors (Lipinski definition) is 2. The van der Waals surface area contributed by atoms with E-state index in [-0.39, 0.29) is 0 Å². The fourth-order valence-corrected chi connectivity index (χ4v) is 2.69. The number of anilines is 2. The Bertz CT molecular complexity index is 750. The van der Waals surface area contributed by atoms with E-state index in [4.69, 9.17) is 5.73 Å². The number of aromatic nitrogens is 2. The first-order valence-corrected chi connectivity index (χ1v) is 7.11. The van der Waals surface area contributed by atoms with Crippen molar-refractivity contribution in [2.75, 3.05) is 17.7 Å². The van der Waals surface area contributed by atoms with E-state index in [2.05, 4.69) is 42.9 Å². The molecule has 0 saturated carbocycles. The normalized spacial score (nSPS) is 10.9. The molecule has 1 aromatic heterocycles. The van der Waals surface area contributed by atoms with Crippen LogP contribution in [0.5, 0.6) is 0 Å². The Morgan fingerprint density at radius 1 is 1.25 bits per heavy atom. The number of imidazole rings is 1. The first-order valence-electron chi connectivity index (χ1n) is 6.31.